The molecule has 3 heterocycles. The quantitative estimate of drug-likeness (QED) is 0.336. The Morgan fingerprint density at radius 2 is 1.41 bits per heavy atom. The van der Waals surface area contributed by atoms with Gasteiger partial charge >= 0.3 is 5.97 Å². The molecule has 3 fully saturated rings. The summed E-state index contributed by atoms with van der Waals surface area (Å²) in [5.74, 6) is -6.14. The highest BCUT2D eigenvalue weighted by Gasteiger charge is 2.71. The number of aliphatic hydroxyl groups is 1. The number of piperidine rings is 1. The van der Waals surface area contributed by atoms with Gasteiger partial charge < -0.3 is 19.1 Å². The molecule has 0 radical (unpaired) electrons. The molecule has 3 aliphatic heterocycles. The van der Waals surface area contributed by atoms with Crippen molar-refractivity contribution in [3.8, 4) is 0 Å². The largest absolute Gasteiger partial charge is 0.459 e. The van der Waals surface area contributed by atoms with Crippen LogP contribution < -0.4 is 0 Å². The summed E-state index contributed by atoms with van der Waals surface area (Å²) < 4.78 is 67.0. The van der Waals surface area contributed by atoms with E-state index in [0.717, 1.165) is 28.7 Å². The van der Waals surface area contributed by atoms with Gasteiger partial charge in [0.25, 0.3) is 0 Å². The number of halogens is 4. The van der Waals surface area contributed by atoms with Crippen molar-refractivity contribution in [3.05, 3.63) is 70.8 Å². The number of hydrogen-bond donors (Lipinski definition) is 1. The number of rotatable bonds is 4. The standard InChI is InChI=1S/C23H22F4NO4/c1-28(2)18-9-13(10-19(28)21-20(18)32-21)31-22(29)23(30,11-3-5-14(24)16(26)7-11)12-4-6-15(25)17(27)8-12/h3-8,13,18-21,30H,9-10H2,1-2H3/q+1. The fourth-order valence-electron chi connectivity index (χ4n) is 5.38. The van der Waals surface area contributed by atoms with Crippen LogP contribution in [0.3, 0.4) is 0 Å². The SMILES string of the molecule is C[N+]1(C)C2CC(OC(=O)C(O)(c3ccc(F)c(F)c3)c3ccc(F)c(F)c3)CC1C1OC12. The van der Waals surface area contributed by atoms with Gasteiger partial charge in [0, 0.05) is 24.0 Å². The number of epoxide rings is 1. The first-order chi connectivity index (χ1) is 15.0. The summed E-state index contributed by atoms with van der Waals surface area (Å²) in [6, 6.07) is 5.04. The summed E-state index contributed by atoms with van der Waals surface area (Å²) >= 11 is 0. The molecule has 2 aromatic rings. The van der Waals surface area contributed by atoms with Gasteiger partial charge in [0.05, 0.1) is 14.1 Å². The van der Waals surface area contributed by atoms with Crippen LogP contribution in [0.25, 0.3) is 0 Å². The van der Waals surface area contributed by atoms with E-state index in [0.29, 0.717) is 25.0 Å². The highest BCUT2D eigenvalue weighted by molar-refractivity contribution is 5.85. The van der Waals surface area contributed by atoms with Crippen LogP contribution >= 0.6 is 0 Å². The predicted octanol–water partition coefficient (Wildman–Crippen LogP) is 2.78. The number of morpholine rings is 1. The van der Waals surface area contributed by atoms with Gasteiger partial charge in [-0.15, -0.1) is 0 Å². The second-order valence-electron chi connectivity index (χ2n) is 9.30. The average Bonchev–Trinajstić information content (AvgIpc) is 3.50. The Labute approximate surface area is 181 Å². The average molecular weight is 452 g/mol. The number of likely N-dealkylation sites (N-methyl/N-ethyl adjacent to an activating group) is 1. The molecule has 0 aromatic heterocycles. The smallest absolute Gasteiger partial charge is 0.347 e. The molecule has 3 aliphatic rings. The molecule has 2 aromatic carbocycles. The Hall–Kier alpha value is -2.49. The van der Waals surface area contributed by atoms with Crippen LogP contribution in [0.4, 0.5) is 17.6 Å². The van der Waals surface area contributed by atoms with E-state index in [1.165, 1.54) is 0 Å². The third kappa shape index (κ3) is 3.06. The first-order valence-electron chi connectivity index (χ1n) is 10.4. The van der Waals surface area contributed by atoms with Crippen LogP contribution in [-0.2, 0) is 19.9 Å². The number of carbonyl (C=O) groups is 1. The summed E-state index contributed by atoms with van der Waals surface area (Å²) in [4.78, 5) is 13.3. The van der Waals surface area contributed by atoms with Crippen molar-refractivity contribution in [1.82, 2.24) is 0 Å². The Bertz CT molecular complexity index is 1040. The molecule has 0 saturated carbocycles. The van der Waals surface area contributed by atoms with Crippen molar-refractivity contribution in [1.29, 1.82) is 0 Å². The fourth-order valence-corrected chi connectivity index (χ4v) is 5.38. The van der Waals surface area contributed by atoms with Crippen LogP contribution in [0.5, 0.6) is 0 Å². The zero-order valence-electron chi connectivity index (χ0n) is 17.4. The lowest BCUT2D eigenvalue weighted by Gasteiger charge is -2.45. The van der Waals surface area contributed by atoms with Crippen molar-refractivity contribution in [2.45, 2.75) is 48.8 Å². The van der Waals surface area contributed by atoms with E-state index < -0.39 is 40.9 Å². The first kappa shape index (κ1) is 21.4. The van der Waals surface area contributed by atoms with Gasteiger partial charge in [0.1, 0.15) is 30.4 Å². The Morgan fingerprint density at radius 3 is 1.84 bits per heavy atom. The van der Waals surface area contributed by atoms with E-state index in [1.807, 2.05) is 0 Å². The molecule has 32 heavy (non-hydrogen) atoms. The maximum absolute atomic E-state index is 13.9. The molecule has 170 valence electrons. The minimum Gasteiger partial charge on any atom is -0.459 e. The van der Waals surface area contributed by atoms with Gasteiger partial charge in [-0.2, -0.15) is 0 Å². The van der Waals surface area contributed by atoms with Crippen LogP contribution in [-0.4, -0.2) is 60.0 Å². The van der Waals surface area contributed by atoms with Crippen molar-refractivity contribution >= 4 is 5.97 Å². The number of nitrogens with zero attached hydrogens (tertiary/aromatic N) is 1. The van der Waals surface area contributed by atoms with Crippen LogP contribution in [0.1, 0.15) is 24.0 Å². The molecule has 5 nitrogen and oxygen atoms in total. The molecule has 9 heteroatoms. The number of hydrogen-bond acceptors (Lipinski definition) is 4. The lowest BCUT2D eigenvalue weighted by molar-refractivity contribution is -0.938. The number of quaternary nitrogens is 1. The number of fused-ring (bicyclic) bond motifs is 5. The topological polar surface area (TPSA) is 59.1 Å². The fraction of sp³-hybridized carbons (Fsp3) is 0.435. The third-order valence-electron chi connectivity index (χ3n) is 7.28. The van der Waals surface area contributed by atoms with E-state index in [-0.39, 0.29) is 35.4 Å². The third-order valence-corrected chi connectivity index (χ3v) is 7.28. The summed E-state index contributed by atoms with van der Waals surface area (Å²) in [6.45, 7) is 0. The zero-order chi connectivity index (χ0) is 23.0. The van der Waals surface area contributed by atoms with Crippen molar-refractivity contribution in [2.75, 3.05) is 14.1 Å². The Morgan fingerprint density at radius 1 is 0.938 bits per heavy atom. The van der Waals surface area contributed by atoms with E-state index >= 15 is 0 Å². The number of ether oxygens (including phenoxy) is 2. The van der Waals surface area contributed by atoms with E-state index in [9.17, 15) is 27.5 Å². The number of carbonyl (C=O) groups excluding carboxylic acids is 1. The summed E-state index contributed by atoms with van der Waals surface area (Å²) in [5.41, 5.74) is -3.37. The normalized spacial score (nSPS) is 30.0. The predicted molar refractivity (Wildman–Crippen MR) is 103 cm³/mol. The minimum absolute atomic E-state index is 0.106. The van der Waals surface area contributed by atoms with Gasteiger partial charge in [-0.05, 0) is 24.3 Å². The molecule has 2 bridgehead atoms. The molecular weight excluding hydrogens is 430 g/mol. The molecule has 4 atom stereocenters. The van der Waals surface area contributed by atoms with E-state index in [2.05, 4.69) is 14.1 Å². The van der Waals surface area contributed by atoms with Gasteiger partial charge in [0.2, 0.25) is 5.60 Å². The van der Waals surface area contributed by atoms with Gasteiger partial charge in [-0.3, -0.25) is 0 Å². The lowest BCUT2D eigenvalue weighted by atomic mass is 9.85. The molecule has 1 N–H and O–H groups in total. The minimum atomic E-state index is -2.66. The summed E-state index contributed by atoms with van der Waals surface area (Å²) in [5, 5.41) is 11.4. The van der Waals surface area contributed by atoms with Crippen molar-refractivity contribution in [2.24, 2.45) is 0 Å². The lowest BCUT2D eigenvalue weighted by Crippen LogP contribution is -2.60. The van der Waals surface area contributed by atoms with Gasteiger partial charge in [0.15, 0.2) is 23.3 Å². The van der Waals surface area contributed by atoms with E-state index in [4.69, 9.17) is 9.47 Å². The zero-order valence-corrected chi connectivity index (χ0v) is 17.4. The first-order valence-corrected chi connectivity index (χ1v) is 10.4. The summed E-state index contributed by atoms with van der Waals surface area (Å²) in [6.07, 6.45) is 0.677. The molecule has 5 rings (SSSR count). The Kier molecular flexibility index (Phi) is 4.67. The molecule has 0 aliphatic carbocycles. The number of benzene rings is 2. The van der Waals surface area contributed by atoms with Gasteiger partial charge in [-0.1, -0.05) is 12.1 Å². The molecule has 3 saturated heterocycles. The second kappa shape index (κ2) is 7.00. The molecule has 0 amide bonds. The van der Waals surface area contributed by atoms with Crippen LogP contribution in [0.2, 0.25) is 0 Å². The monoisotopic (exact) mass is 452 g/mol. The molecule has 4 unspecified atom stereocenters. The highest BCUT2D eigenvalue weighted by atomic mass is 19.2. The van der Waals surface area contributed by atoms with Crippen molar-refractivity contribution < 1.29 is 41.4 Å². The maximum Gasteiger partial charge on any atom is 0.347 e. The highest BCUT2D eigenvalue weighted by Crippen LogP contribution is 2.52. The van der Waals surface area contributed by atoms with E-state index in [1.54, 1.807) is 0 Å². The second-order valence-corrected chi connectivity index (χ2v) is 9.30. The maximum atomic E-state index is 13.9. The van der Waals surface area contributed by atoms with Crippen LogP contribution in [0, 0.1) is 23.3 Å². The molecular formula is C23H22F4NO4+. The Balaban J connectivity index is 1.48. The number of esters is 1. The molecule has 0 spiro atoms. The van der Waals surface area contributed by atoms with Gasteiger partial charge in [-0.25, -0.2) is 22.4 Å². The van der Waals surface area contributed by atoms with Crippen molar-refractivity contribution in [3.63, 3.8) is 0 Å². The summed E-state index contributed by atoms with van der Waals surface area (Å²) in [7, 11) is 4.20. The van der Waals surface area contributed by atoms with Crippen LogP contribution in [0.15, 0.2) is 36.4 Å².